The zero-order valence-corrected chi connectivity index (χ0v) is 12.7. The molecule has 1 fully saturated rings. The minimum Gasteiger partial charge on any atom is -0.480 e. The normalized spacial score (nSPS) is 17.3. The number of carbonyl (C=O) groups excluding carboxylic acids is 2. The number of nitrogens with one attached hydrogen (secondary N) is 2. The Balaban J connectivity index is 1.82. The summed E-state index contributed by atoms with van der Waals surface area (Å²) in [7, 11) is 0. The topological polar surface area (TPSA) is 105 Å². The second kappa shape index (κ2) is 8.28. The Labute approximate surface area is 134 Å². The molecule has 0 aliphatic carbocycles. The quantitative estimate of drug-likeness (QED) is 0.719. The van der Waals surface area contributed by atoms with E-state index in [1.165, 1.54) is 0 Å². The molecule has 1 aromatic carbocycles. The van der Waals surface area contributed by atoms with E-state index in [0.717, 1.165) is 18.4 Å². The van der Waals surface area contributed by atoms with Gasteiger partial charge in [0, 0.05) is 12.3 Å². The SMILES string of the molecule is O=C(O)CNC(=O)Cc1ccc(NC(=O)C2CCCOC2)cc1. The number of anilines is 1. The van der Waals surface area contributed by atoms with Gasteiger partial charge in [-0.1, -0.05) is 12.1 Å². The van der Waals surface area contributed by atoms with E-state index >= 15 is 0 Å². The molecule has 1 unspecified atom stereocenters. The third kappa shape index (κ3) is 5.71. The number of carboxylic acid groups (broad SMARTS) is 1. The molecule has 0 bridgehead atoms. The van der Waals surface area contributed by atoms with Gasteiger partial charge in [-0.2, -0.15) is 0 Å². The van der Waals surface area contributed by atoms with Crippen LogP contribution in [0.4, 0.5) is 5.69 Å². The number of carboxylic acids is 1. The van der Waals surface area contributed by atoms with Gasteiger partial charge < -0.3 is 20.5 Å². The number of rotatable bonds is 6. The predicted octanol–water partition coefficient (Wildman–Crippen LogP) is 0.795. The summed E-state index contributed by atoms with van der Waals surface area (Å²) in [5.41, 5.74) is 1.40. The van der Waals surface area contributed by atoms with E-state index in [4.69, 9.17) is 9.84 Å². The van der Waals surface area contributed by atoms with Crippen molar-refractivity contribution in [1.29, 1.82) is 0 Å². The van der Waals surface area contributed by atoms with Gasteiger partial charge in [-0.15, -0.1) is 0 Å². The van der Waals surface area contributed by atoms with Crippen LogP contribution in [0.1, 0.15) is 18.4 Å². The Bertz CT molecular complexity index is 564. The number of aliphatic carboxylic acids is 1. The van der Waals surface area contributed by atoms with Crippen LogP contribution >= 0.6 is 0 Å². The molecule has 3 N–H and O–H groups in total. The molecule has 0 saturated carbocycles. The average Bonchev–Trinajstić information content (AvgIpc) is 2.55. The lowest BCUT2D eigenvalue weighted by Gasteiger charge is -2.21. The van der Waals surface area contributed by atoms with Gasteiger partial charge in [-0.3, -0.25) is 14.4 Å². The summed E-state index contributed by atoms with van der Waals surface area (Å²) < 4.78 is 5.30. The summed E-state index contributed by atoms with van der Waals surface area (Å²) in [4.78, 5) is 34.0. The minimum absolute atomic E-state index is 0.0587. The number of benzene rings is 1. The highest BCUT2D eigenvalue weighted by atomic mass is 16.5. The van der Waals surface area contributed by atoms with Crippen LogP contribution in [0.25, 0.3) is 0 Å². The highest BCUT2D eigenvalue weighted by Crippen LogP contribution is 2.17. The van der Waals surface area contributed by atoms with Crippen LogP contribution < -0.4 is 10.6 Å². The van der Waals surface area contributed by atoms with Crippen LogP contribution in [0.5, 0.6) is 0 Å². The maximum absolute atomic E-state index is 12.1. The van der Waals surface area contributed by atoms with Crippen molar-refractivity contribution >= 4 is 23.5 Å². The Kier molecular flexibility index (Phi) is 6.10. The Morgan fingerprint density at radius 3 is 2.57 bits per heavy atom. The van der Waals surface area contributed by atoms with Gasteiger partial charge >= 0.3 is 5.97 Å². The summed E-state index contributed by atoms with van der Waals surface area (Å²) >= 11 is 0. The third-order valence-corrected chi connectivity index (χ3v) is 3.55. The molecular weight excluding hydrogens is 300 g/mol. The first-order valence-electron chi connectivity index (χ1n) is 7.50. The molecule has 1 aromatic rings. The molecule has 0 radical (unpaired) electrons. The van der Waals surface area contributed by atoms with Crippen molar-refractivity contribution in [3.8, 4) is 0 Å². The smallest absolute Gasteiger partial charge is 0.322 e. The predicted molar refractivity (Wildman–Crippen MR) is 83.0 cm³/mol. The second-order valence-corrected chi connectivity index (χ2v) is 5.45. The van der Waals surface area contributed by atoms with Gasteiger partial charge in [-0.05, 0) is 30.5 Å². The largest absolute Gasteiger partial charge is 0.480 e. The fraction of sp³-hybridized carbons (Fsp3) is 0.438. The molecule has 7 nitrogen and oxygen atoms in total. The van der Waals surface area contributed by atoms with Crippen molar-refractivity contribution in [3.63, 3.8) is 0 Å². The fourth-order valence-corrected chi connectivity index (χ4v) is 2.32. The summed E-state index contributed by atoms with van der Waals surface area (Å²) in [6.07, 6.45) is 1.81. The summed E-state index contributed by atoms with van der Waals surface area (Å²) in [5, 5.41) is 13.6. The molecule has 2 rings (SSSR count). The summed E-state index contributed by atoms with van der Waals surface area (Å²) in [6, 6.07) is 6.91. The molecule has 1 heterocycles. The maximum atomic E-state index is 12.1. The van der Waals surface area contributed by atoms with E-state index in [9.17, 15) is 14.4 Å². The van der Waals surface area contributed by atoms with E-state index in [2.05, 4.69) is 10.6 Å². The van der Waals surface area contributed by atoms with Gasteiger partial charge in [0.15, 0.2) is 0 Å². The van der Waals surface area contributed by atoms with Gasteiger partial charge in [-0.25, -0.2) is 0 Å². The molecule has 1 saturated heterocycles. The first-order valence-corrected chi connectivity index (χ1v) is 7.50. The number of ether oxygens (including phenoxy) is 1. The number of carbonyl (C=O) groups is 3. The van der Waals surface area contributed by atoms with Gasteiger partial charge in [0.05, 0.1) is 18.9 Å². The van der Waals surface area contributed by atoms with Crippen molar-refractivity contribution in [1.82, 2.24) is 5.32 Å². The molecule has 0 aromatic heterocycles. The molecule has 1 aliphatic heterocycles. The first kappa shape index (κ1) is 17.0. The molecule has 7 heteroatoms. The van der Waals surface area contributed by atoms with Gasteiger partial charge in [0.2, 0.25) is 11.8 Å². The molecule has 1 aliphatic rings. The van der Waals surface area contributed by atoms with Crippen LogP contribution in [-0.4, -0.2) is 42.6 Å². The molecule has 2 amide bonds. The van der Waals surface area contributed by atoms with Crippen molar-refractivity contribution in [2.24, 2.45) is 5.92 Å². The molecule has 0 spiro atoms. The molecule has 124 valence electrons. The zero-order chi connectivity index (χ0) is 16.7. The van der Waals surface area contributed by atoms with Gasteiger partial charge in [0.25, 0.3) is 0 Å². The minimum atomic E-state index is -1.08. The highest BCUT2D eigenvalue weighted by Gasteiger charge is 2.21. The molecule has 1 atom stereocenters. The lowest BCUT2D eigenvalue weighted by molar-refractivity contribution is -0.137. The van der Waals surface area contributed by atoms with E-state index in [1.807, 2.05) is 0 Å². The lowest BCUT2D eigenvalue weighted by atomic mass is 10.0. The lowest BCUT2D eigenvalue weighted by Crippen LogP contribution is -2.30. The number of amides is 2. The van der Waals surface area contributed by atoms with E-state index in [1.54, 1.807) is 24.3 Å². The Hall–Kier alpha value is -2.41. The molecule has 23 heavy (non-hydrogen) atoms. The summed E-state index contributed by atoms with van der Waals surface area (Å²) in [5.74, 6) is -1.62. The Morgan fingerprint density at radius 2 is 1.96 bits per heavy atom. The maximum Gasteiger partial charge on any atom is 0.322 e. The third-order valence-electron chi connectivity index (χ3n) is 3.55. The number of hydrogen-bond donors (Lipinski definition) is 3. The first-order chi connectivity index (χ1) is 11.0. The van der Waals surface area contributed by atoms with Crippen molar-refractivity contribution in [3.05, 3.63) is 29.8 Å². The number of hydrogen-bond acceptors (Lipinski definition) is 4. The standard InChI is InChI=1S/C16H20N2O5/c19-14(17-9-15(20)21)8-11-3-5-13(6-4-11)18-16(22)12-2-1-7-23-10-12/h3-6,12H,1-2,7-10H2,(H,17,19)(H,18,22)(H,20,21). The zero-order valence-electron chi connectivity index (χ0n) is 12.7. The van der Waals surface area contributed by atoms with Crippen molar-refractivity contribution < 1.29 is 24.2 Å². The van der Waals surface area contributed by atoms with Crippen molar-refractivity contribution in [2.75, 3.05) is 25.1 Å². The molecular formula is C16H20N2O5. The van der Waals surface area contributed by atoms with E-state index < -0.39 is 12.5 Å². The summed E-state index contributed by atoms with van der Waals surface area (Å²) in [6.45, 7) is 0.770. The Morgan fingerprint density at radius 1 is 1.22 bits per heavy atom. The monoisotopic (exact) mass is 320 g/mol. The van der Waals surface area contributed by atoms with Crippen LogP contribution in [0.2, 0.25) is 0 Å². The fourth-order valence-electron chi connectivity index (χ4n) is 2.32. The van der Waals surface area contributed by atoms with E-state index in [-0.39, 0.29) is 24.2 Å². The second-order valence-electron chi connectivity index (χ2n) is 5.45. The van der Waals surface area contributed by atoms with Crippen LogP contribution in [0.3, 0.4) is 0 Å². The van der Waals surface area contributed by atoms with Crippen molar-refractivity contribution in [2.45, 2.75) is 19.3 Å². The average molecular weight is 320 g/mol. The highest BCUT2D eigenvalue weighted by molar-refractivity contribution is 5.92. The van der Waals surface area contributed by atoms with Crippen LogP contribution in [0, 0.1) is 5.92 Å². The van der Waals surface area contributed by atoms with Gasteiger partial charge in [0.1, 0.15) is 6.54 Å². The van der Waals surface area contributed by atoms with Crippen LogP contribution in [0.15, 0.2) is 24.3 Å². The van der Waals surface area contributed by atoms with E-state index in [0.29, 0.717) is 18.9 Å². The van der Waals surface area contributed by atoms with Crippen LogP contribution in [-0.2, 0) is 25.5 Å².